The standard InChI is InChI=1S/C24H30ClN3O5/c1-32-21-12-11-18(14-19(21)25)15-20(23(26)30)28-22(29)10-6-3-7-13-27-24(31)33-16-17-8-4-2-5-9-17/h2,4-5,8-9,11-12,14,20H,3,6-7,10,13,15-16H2,1H3,(H2,26,30)(H,27,31)(H,28,29)/t20-/m0/s1. The molecule has 1 atom stereocenters. The Morgan fingerprint density at radius 1 is 1.03 bits per heavy atom. The van der Waals surface area contributed by atoms with Gasteiger partial charge < -0.3 is 25.8 Å². The van der Waals surface area contributed by atoms with E-state index >= 15 is 0 Å². The van der Waals surface area contributed by atoms with Gasteiger partial charge in [-0.25, -0.2) is 4.79 Å². The molecular weight excluding hydrogens is 446 g/mol. The van der Waals surface area contributed by atoms with E-state index in [1.54, 1.807) is 18.2 Å². The largest absolute Gasteiger partial charge is 0.495 e. The van der Waals surface area contributed by atoms with Crippen molar-refractivity contribution in [2.45, 2.75) is 44.8 Å². The molecule has 0 aliphatic heterocycles. The zero-order chi connectivity index (χ0) is 24.1. The van der Waals surface area contributed by atoms with Gasteiger partial charge in [-0.2, -0.15) is 0 Å². The number of rotatable bonds is 13. The number of methoxy groups -OCH3 is 1. The number of nitrogens with one attached hydrogen (secondary N) is 2. The maximum atomic E-state index is 12.2. The van der Waals surface area contributed by atoms with E-state index in [4.69, 9.17) is 26.8 Å². The fourth-order valence-electron chi connectivity index (χ4n) is 3.11. The summed E-state index contributed by atoms with van der Waals surface area (Å²) in [5.74, 6) is -0.346. The fourth-order valence-corrected chi connectivity index (χ4v) is 3.39. The van der Waals surface area contributed by atoms with E-state index < -0.39 is 18.0 Å². The number of ether oxygens (including phenoxy) is 2. The van der Waals surface area contributed by atoms with Crippen molar-refractivity contribution in [2.75, 3.05) is 13.7 Å². The molecule has 0 saturated heterocycles. The monoisotopic (exact) mass is 475 g/mol. The second-order valence-corrected chi connectivity index (χ2v) is 7.90. The molecule has 178 valence electrons. The molecule has 0 aliphatic carbocycles. The summed E-state index contributed by atoms with van der Waals surface area (Å²) in [5.41, 5.74) is 7.13. The van der Waals surface area contributed by atoms with Crippen LogP contribution in [-0.2, 0) is 27.4 Å². The lowest BCUT2D eigenvalue weighted by Gasteiger charge is -2.16. The molecular formula is C24H30ClN3O5. The molecule has 0 spiro atoms. The van der Waals surface area contributed by atoms with Crippen LogP contribution in [0.15, 0.2) is 48.5 Å². The van der Waals surface area contributed by atoms with Crippen molar-refractivity contribution in [3.8, 4) is 5.75 Å². The number of amides is 3. The zero-order valence-corrected chi connectivity index (χ0v) is 19.4. The quantitative estimate of drug-likeness (QED) is 0.384. The predicted octanol–water partition coefficient (Wildman–Crippen LogP) is 3.35. The molecule has 8 nitrogen and oxygen atoms in total. The number of carbonyl (C=O) groups is 3. The maximum absolute atomic E-state index is 12.2. The second kappa shape index (κ2) is 14.0. The highest BCUT2D eigenvalue weighted by Gasteiger charge is 2.19. The minimum absolute atomic E-state index is 0.219. The van der Waals surface area contributed by atoms with Crippen LogP contribution in [0.3, 0.4) is 0 Å². The van der Waals surface area contributed by atoms with Gasteiger partial charge in [0.25, 0.3) is 0 Å². The van der Waals surface area contributed by atoms with Gasteiger partial charge in [-0.15, -0.1) is 0 Å². The van der Waals surface area contributed by atoms with Gasteiger partial charge in [0.15, 0.2) is 0 Å². The first-order valence-electron chi connectivity index (χ1n) is 10.7. The van der Waals surface area contributed by atoms with Crippen LogP contribution in [-0.4, -0.2) is 37.6 Å². The molecule has 0 aliphatic rings. The van der Waals surface area contributed by atoms with E-state index in [0.29, 0.717) is 30.2 Å². The number of hydrogen-bond acceptors (Lipinski definition) is 5. The molecule has 9 heteroatoms. The summed E-state index contributed by atoms with van der Waals surface area (Å²) >= 11 is 6.11. The van der Waals surface area contributed by atoms with Gasteiger partial charge in [-0.1, -0.05) is 54.4 Å². The van der Waals surface area contributed by atoms with Gasteiger partial charge in [0.2, 0.25) is 11.8 Å². The summed E-state index contributed by atoms with van der Waals surface area (Å²) in [5, 5.41) is 5.78. The summed E-state index contributed by atoms with van der Waals surface area (Å²) in [7, 11) is 1.51. The summed E-state index contributed by atoms with van der Waals surface area (Å²) in [6, 6.07) is 13.7. The van der Waals surface area contributed by atoms with Crippen LogP contribution in [0.5, 0.6) is 5.75 Å². The summed E-state index contributed by atoms with van der Waals surface area (Å²) in [6.45, 7) is 0.675. The van der Waals surface area contributed by atoms with Gasteiger partial charge in [0.1, 0.15) is 18.4 Å². The number of primary amides is 1. The zero-order valence-electron chi connectivity index (χ0n) is 18.6. The van der Waals surface area contributed by atoms with Gasteiger partial charge in [-0.05, 0) is 36.1 Å². The summed E-state index contributed by atoms with van der Waals surface area (Å²) in [4.78, 5) is 35.7. The number of hydrogen-bond donors (Lipinski definition) is 3. The third-order valence-electron chi connectivity index (χ3n) is 4.90. The van der Waals surface area contributed by atoms with Gasteiger partial charge in [-0.3, -0.25) is 9.59 Å². The van der Waals surface area contributed by atoms with Crippen LogP contribution < -0.4 is 21.1 Å². The molecule has 2 rings (SSSR count). The molecule has 2 aromatic rings. The Bertz CT molecular complexity index is 924. The molecule has 0 aromatic heterocycles. The molecule has 0 fully saturated rings. The average Bonchev–Trinajstić information content (AvgIpc) is 2.80. The minimum atomic E-state index is -0.831. The first-order valence-corrected chi connectivity index (χ1v) is 11.1. The number of alkyl carbamates (subject to hydrolysis) is 1. The van der Waals surface area contributed by atoms with Crippen molar-refractivity contribution < 1.29 is 23.9 Å². The Morgan fingerprint density at radius 3 is 2.45 bits per heavy atom. The first kappa shape index (κ1) is 26.0. The van der Waals surface area contributed by atoms with E-state index in [9.17, 15) is 14.4 Å². The van der Waals surface area contributed by atoms with Gasteiger partial charge in [0, 0.05) is 19.4 Å². The number of nitrogens with two attached hydrogens (primary N) is 1. The number of benzene rings is 2. The van der Waals surface area contributed by atoms with Crippen LogP contribution in [0.25, 0.3) is 0 Å². The summed E-state index contributed by atoms with van der Waals surface area (Å²) in [6.07, 6.45) is 2.08. The Kier molecular flexibility index (Phi) is 11.0. The normalized spacial score (nSPS) is 11.3. The SMILES string of the molecule is COc1ccc(C[C@H](NC(=O)CCCCCNC(=O)OCc2ccccc2)C(N)=O)cc1Cl. The van der Waals surface area contributed by atoms with Gasteiger partial charge >= 0.3 is 6.09 Å². The van der Waals surface area contributed by atoms with Crippen LogP contribution in [0.2, 0.25) is 5.02 Å². The van der Waals surface area contributed by atoms with Crippen LogP contribution in [0.1, 0.15) is 36.8 Å². The molecule has 0 unspecified atom stereocenters. The fraction of sp³-hybridized carbons (Fsp3) is 0.375. The topological polar surface area (TPSA) is 120 Å². The minimum Gasteiger partial charge on any atom is -0.495 e. The van der Waals surface area contributed by atoms with Crippen molar-refractivity contribution in [1.29, 1.82) is 0 Å². The highest BCUT2D eigenvalue weighted by molar-refractivity contribution is 6.32. The predicted molar refractivity (Wildman–Crippen MR) is 126 cm³/mol. The molecule has 4 N–H and O–H groups in total. The Labute approximate surface area is 198 Å². The third kappa shape index (κ3) is 9.82. The van der Waals surface area contributed by atoms with Crippen molar-refractivity contribution in [3.05, 3.63) is 64.7 Å². The van der Waals surface area contributed by atoms with E-state index in [1.807, 2.05) is 30.3 Å². The van der Waals surface area contributed by atoms with Crippen LogP contribution in [0, 0.1) is 0 Å². The second-order valence-electron chi connectivity index (χ2n) is 7.49. The van der Waals surface area contributed by atoms with Crippen molar-refractivity contribution >= 4 is 29.5 Å². The van der Waals surface area contributed by atoms with E-state index in [1.165, 1.54) is 7.11 Å². The van der Waals surface area contributed by atoms with E-state index in [2.05, 4.69) is 10.6 Å². The summed E-state index contributed by atoms with van der Waals surface area (Å²) < 4.78 is 10.2. The Hall–Kier alpha value is -3.26. The van der Waals surface area contributed by atoms with Crippen molar-refractivity contribution in [3.63, 3.8) is 0 Å². The third-order valence-corrected chi connectivity index (χ3v) is 5.19. The van der Waals surface area contributed by atoms with Crippen molar-refractivity contribution in [2.24, 2.45) is 5.73 Å². The molecule has 0 bridgehead atoms. The Morgan fingerprint density at radius 2 is 1.79 bits per heavy atom. The van der Waals surface area contributed by atoms with Crippen molar-refractivity contribution in [1.82, 2.24) is 10.6 Å². The number of halogens is 1. The van der Waals surface area contributed by atoms with Crippen LogP contribution >= 0.6 is 11.6 Å². The lowest BCUT2D eigenvalue weighted by atomic mass is 10.0. The smallest absolute Gasteiger partial charge is 0.407 e. The molecule has 2 aromatic carbocycles. The number of carbonyl (C=O) groups excluding carboxylic acids is 3. The molecule has 0 heterocycles. The molecule has 0 saturated carbocycles. The van der Waals surface area contributed by atoms with E-state index in [0.717, 1.165) is 17.5 Å². The van der Waals surface area contributed by atoms with Gasteiger partial charge in [0.05, 0.1) is 12.1 Å². The highest BCUT2D eigenvalue weighted by atomic mass is 35.5. The van der Waals surface area contributed by atoms with Crippen LogP contribution in [0.4, 0.5) is 4.79 Å². The maximum Gasteiger partial charge on any atom is 0.407 e. The highest BCUT2D eigenvalue weighted by Crippen LogP contribution is 2.25. The molecule has 0 radical (unpaired) electrons. The molecule has 3 amide bonds. The lowest BCUT2D eigenvalue weighted by molar-refractivity contribution is -0.127. The Balaban J connectivity index is 1.62. The number of unbranched alkanes of at least 4 members (excludes halogenated alkanes) is 2. The van der Waals surface area contributed by atoms with E-state index in [-0.39, 0.29) is 25.4 Å². The first-order chi connectivity index (χ1) is 15.9. The average molecular weight is 476 g/mol. The molecule has 33 heavy (non-hydrogen) atoms. The lowest BCUT2D eigenvalue weighted by Crippen LogP contribution is -2.45.